The Kier molecular flexibility index (Phi) is 8.58. The van der Waals surface area contributed by atoms with Crippen molar-refractivity contribution in [2.75, 3.05) is 20.8 Å². The Hall–Kier alpha value is -4.20. The standard InChI is InChI=1S/C29H23BrClN3O8S/c1-5-41-28(36)25-14(2)32-29-33(27(35)24(43-29)11-15-10-18(30)23(40-4)13-22(15)39-3)26(25)21-9-8-20(42-21)17-12-16(34(37)38)6-7-19(17)31/h6-13,26H,5H2,1-4H3/b24-11-/t26-/m1/s1. The molecule has 0 amide bonds. The number of non-ortho nitro benzene ring substituents is 1. The number of ether oxygens (including phenoxy) is 3. The highest BCUT2D eigenvalue weighted by Gasteiger charge is 2.35. The van der Waals surface area contributed by atoms with E-state index in [1.54, 1.807) is 44.2 Å². The van der Waals surface area contributed by atoms with Crippen molar-refractivity contribution in [2.24, 2.45) is 4.99 Å². The lowest BCUT2D eigenvalue weighted by Gasteiger charge is -2.22. The number of furan rings is 1. The molecule has 0 spiro atoms. The Labute approximate surface area is 261 Å². The molecule has 0 N–H and O–H groups in total. The zero-order valence-corrected chi connectivity index (χ0v) is 26.3. The lowest BCUT2D eigenvalue weighted by Crippen LogP contribution is -2.39. The van der Waals surface area contributed by atoms with Gasteiger partial charge in [0.15, 0.2) is 4.80 Å². The number of esters is 1. The van der Waals surface area contributed by atoms with E-state index in [2.05, 4.69) is 20.9 Å². The van der Waals surface area contributed by atoms with Crippen molar-refractivity contribution >= 4 is 56.6 Å². The maximum atomic E-state index is 14.0. The maximum Gasteiger partial charge on any atom is 0.338 e. The van der Waals surface area contributed by atoms with E-state index in [9.17, 15) is 19.7 Å². The van der Waals surface area contributed by atoms with Crippen molar-refractivity contribution in [3.8, 4) is 22.8 Å². The van der Waals surface area contributed by atoms with Gasteiger partial charge in [0.05, 0.1) is 51.0 Å². The average molecular weight is 689 g/mol. The van der Waals surface area contributed by atoms with Crippen LogP contribution >= 0.6 is 38.9 Å². The van der Waals surface area contributed by atoms with Gasteiger partial charge < -0.3 is 18.6 Å². The number of hydrogen-bond acceptors (Lipinski definition) is 10. The summed E-state index contributed by atoms with van der Waals surface area (Å²) in [5, 5.41) is 11.6. The molecule has 0 aliphatic carbocycles. The first kappa shape index (κ1) is 30.3. The van der Waals surface area contributed by atoms with Crippen molar-refractivity contribution in [2.45, 2.75) is 19.9 Å². The fraction of sp³-hybridized carbons (Fsp3) is 0.207. The van der Waals surface area contributed by atoms with Gasteiger partial charge in [-0.1, -0.05) is 22.9 Å². The van der Waals surface area contributed by atoms with Gasteiger partial charge in [0, 0.05) is 29.3 Å². The van der Waals surface area contributed by atoms with Gasteiger partial charge in [-0.3, -0.25) is 19.5 Å². The Morgan fingerprint density at radius 3 is 2.63 bits per heavy atom. The normalized spacial score (nSPS) is 14.7. The van der Waals surface area contributed by atoms with Crippen molar-refractivity contribution in [3.05, 3.63) is 104 Å². The van der Waals surface area contributed by atoms with Gasteiger partial charge in [-0.2, -0.15) is 0 Å². The van der Waals surface area contributed by atoms with E-state index >= 15 is 0 Å². The number of fused-ring (bicyclic) bond motifs is 1. The molecule has 2 aromatic heterocycles. The maximum absolute atomic E-state index is 14.0. The summed E-state index contributed by atoms with van der Waals surface area (Å²) in [4.78, 5) is 42.9. The van der Waals surface area contributed by atoms with Gasteiger partial charge in [0.2, 0.25) is 0 Å². The molecule has 0 saturated carbocycles. The number of aromatic nitrogens is 1. The first-order chi connectivity index (χ1) is 20.6. The number of benzene rings is 2. The SMILES string of the molecule is CCOC(=O)C1=C(C)N=c2s/c(=C\c3cc(Br)c(OC)cc3OC)c(=O)n2[C@@H]1c1ccc(-c2cc([N+](=O)[O-])ccc2Cl)o1. The monoisotopic (exact) mass is 687 g/mol. The summed E-state index contributed by atoms with van der Waals surface area (Å²) < 4.78 is 24.7. The second-order valence-corrected chi connectivity index (χ2v) is 11.4. The first-order valence-corrected chi connectivity index (χ1v) is 14.7. The molecule has 4 aromatic rings. The van der Waals surface area contributed by atoms with Gasteiger partial charge in [-0.15, -0.1) is 0 Å². The summed E-state index contributed by atoms with van der Waals surface area (Å²) in [7, 11) is 3.05. The second kappa shape index (κ2) is 12.2. The Morgan fingerprint density at radius 1 is 1.21 bits per heavy atom. The van der Waals surface area contributed by atoms with Crippen LogP contribution in [0.5, 0.6) is 11.5 Å². The van der Waals surface area contributed by atoms with Gasteiger partial charge in [0.25, 0.3) is 11.2 Å². The lowest BCUT2D eigenvalue weighted by atomic mass is 10.0. The molecule has 11 nitrogen and oxygen atoms in total. The molecule has 2 aromatic carbocycles. The zero-order valence-electron chi connectivity index (χ0n) is 23.2. The van der Waals surface area contributed by atoms with Crippen LogP contribution in [0.15, 0.2) is 72.4 Å². The summed E-state index contributed by atoms with van der Waals surface area (Å²) in [6.07, 6.45) is 1.67. The zero-order chi connectivity index (χ0) is 31.0. The minimum absolute atomic E-state index is 0.103. The second-order valence-electron chi connectivity index (χ2n) is 9.15. The van der Waals surface area contributed by atoms with E-state index in [1.165, 1.54) is 37.0 Å². The molecule has 1 aliphatic rings. The quantitative estimate of drug-likeness (QED) is 0.136. The van der Waals surface area contributed by atoms with Crippen LogP contribution in [-0.2, 0) is 9.53 Å². The van der Waals surface area contributed by atoms with Crippen LogP contribution in [0.4, 0.5) is 5.69 Å². The number of carbonyl (C=O) groups is 1. The highest BCUT2D eigenvalue weighted by molar-refractivity contribution is 9.10. The predicted octanol–water partition coefficient (Wildman–Crippen LogP) is 5.40. The number of hydrogen-bond donors (Lipinski definition) is 0. The van der Waals surface area contributed by atoms with Crippen LogP contribution in [0, 0.1) is 10.1 Å². The molecule has 5 rings (SSSR count). The summed E-state index contributed by atoms with van der Waals surface area (Å²) in [6.45, 7) is 3.43. The number of thiazole rings is 1. The molecule has 0 saturated heterocycles. The Morgan fingerprint density at radius 2 is 1.95 bits per heavy atom. The van der Waals surface area contributed by atoms with E-state index in [1.807, 2.05) is 0 Å². The molecule has 3 heterocycles. The van der Waals surface area contributed by atoms with E-state index < -0.39 is 22.5 Å². The number of nitro benzene ring substituents is 1. The molecule has 1 aliphatic heterocycles. The minimum Gasteiger partial charge on any atom is -0.496 e. The van der Waals surface area contributed by atoms with Crippen LogP contribution < -0.4 is 24.4 Å². The minimum atomic E-state index is -1.03. The molecule has 1 atom stereocenters. The predicted molar refractivity (Wildman–Crippen MR) is 163 cm³/mol. The first-order valence-electron chi connectivity index (χ1n) is 12.7. The van der Waals surface area contributed by atoms with Crippen LogP contribution in [0.1, 0.15) is 31.2 Å². The topological polar surface area (TPSA) is 135 Å². The number of rotatable bonds is 8. The van der Waals surface area contributed by atoms with E-state index in [-0.39, 0.29) is 40.0 Å². The van der Waals surface area contributed by atoms with Gasteiger partial charge in [0.1, 0.15) is 29.1 Å². The summed E-state index contributed by atoms with van der Waals surface area (Å²) >= 11 is 11.0. The number of methoxy groups -OCH3 is 2. The third kappa shape index (κ3) is 5.63. The number of nitro groups is 1. The van der Waals surface area contributed by atoms with E-state index in [0.29, 0.717) is 36.6 Å². The molecule has 0 radical (unpaired) electrons. The molecule has 14 heteroatoms. The van der Waals surface area contributed by atoms with Gasteiger partial charge in [-0.25, -0.2) is 9.79 Å². The molecule has 0 fully saturated rings. The smallest absolute Gasteiger partial charge is 0.338 e. The third-order valence-corrected chi connectivity index (χ3v) is 8.56. The number of halogens is 2. The highest BCUT2D eigenvalue weighted by Crippen LogP contribution is 2.38. The third-order valence-electron chi connectivity index (χ3n) is 6.63. The molecule has 0 unspecified atom stereocenters. The van der Waals surface area contributed by atoms with Crippen molar-refractivity contribution in [1.82, 2.24) is 4.57 Å². The number of allylic oxidation sites excluding steroid dienone is 1. The lowest BCUT2D eigenvalue weighted by molar-refractivity contribution is -0.384. The van der Waals surface area contributed by atoms with Crippen molar-refractivity contribution in [3.63, 3.8) is 0 Å². The number of carbonyl (C=O) groups excluding carboxylic acids is 1. The number of nitrogens with zero attached hydrogens (tertiary/aromatic N) is 3. The Balaban J connectivity index is 1.71. The van der Waals surface area contributed by atoms with Crippen LogP contribution in [0.3, 0.4) is 0 Å². The van der Waals surface area contributed by atoms with Crippen LogP contribution in [0.25, 0.3) is 17.4 Å². The highest BCUT2D eigenvalue weighted by atomic mass is 79.9. The molecule has 0 bridgehead atoms. The fourth-order valence-corrected chi connectivity index (χ4v) is 6.43. The molecular formula is C29H23BrClN3O8S. The van der Waals surface area contributed by atoms with Gasteiger partial charge in [-0.05, 0) is 60.1 Å². The molecular weight excluding hydrogens is 666 g/mol. The molecule has 43 heavy (non-hydrogen) atoms. The average Bonchev–Trinajstić information content (AvgIpc) is 3.57. The van der Waals surface area contributed by atoms with Crippen LogP contribution in [-0.4, -0.2) is 36.3 Å². The Bertz CT molecular complexity index is 1990. The fourth-order valence-electron chi connectivity index (χ4n) is 4.66. The van der Waals surface area contributed by atoms with E-state index in [0.717, 1.165) is 11.3 Å². The van der Waals surface area contributed by atoms with Crippen molar-refractivity contribution < 1.29 is 28.3 Å². The largest absolute Gasteiger partial charge is 0.496 e. The summed E-state index contributed by atoms with van der Waals surface area (Å²) in [5.74, 6) is 0.817. The molecule has 222 valence electrons. The van der Waals surface area contributed by atoms with Gasteiger partial charge >= 0.3 is 5.97 Å². The van der Waals surface area contributed by atoms with Crippen molar-refractivity contribution in [1.29, 1.82) is 0 Å². The summed E-state index contributed by atoms with van der Waals surface area (Å²) in [5.41, 5.74) is 0.769. The summed E-state index contributed by atoms with van der Waals surface area (Å²) in [6, 6.07) is 9.58. The van der Waals surface area contributed by atoms with E-state index in [4.69, 9.17) is 30.2 Å². The van der Waals surface area contributed by atoms with Crippen LogP contribution in [0.2, 0.25) is 5.02 Å².